The molecule has 0 aliphatic carbocycles. The summed E-state index contributed by atoms with van der Waals surface area (Å²) in [6.45, 7) is 1.49. The molecule has 0 aromatic rings. The summed E-state index contributed by atoms with van der Waals surface area (Å²) in [6.07, 6.45) is -1.73. The van der Waals surface area contributed by atoms with Crippen LogP contribution in [0.4, 0.5) is 4.39 Å². The highest BCUT2D eigenvalue weighted by Gasteiger charge is 2.59. The second-order valence-electron chi connectivity index (χ2n) is 2.57. The molecule has 0 spiro atoms. The van der Waals surface area contributed by atoms with Gasteiger partial charge in [0.1, 0.15) is 6.61 Å². The van der Waals surface area contributed by atoms with Gasteiger partial charge in [-0.2, -0.15) is 9.05 Å². The number of hydrogen-bond acceptors (Lipinski definition) is 5. The second kappa shape index (κ2) is 5.12. The summed E-state index contributed by atoms with van der Waals surface area (Å²) in [5, 5.41) is 0. The molecule has 0 radical (unpaired) electrons. The van der Waals surface area contributed by atoms with Gasteiger partial charge in [-0.3, -0.25) is 0 Å². The molecule has 7 nitrogen and oxygen atoms in total. The van der Waals surface area contributed by atoms with Gasteiger partial charge in [0.25, 0.3) is 6.36 Å². The van der Waals surface area contributed by atoms with E-state index in [4.69, 9.17) is 18.8 Å². The Bertz CT molecular complexity index is 254. The van der Waals surface area contributed by atoms with Gasteiger partial charge in [0.2, 0.25) is 0 Å². The largest absolute Gasteiger partial charge is 0.588 e. The van der Waals surface area contributed by atoms with Crippen LogP contribution in [0.25, 0.3) is 0 Å². The predicted octanol–water partition coefficient (Wildman–Crippen LogP) is 1.54. The van der Waals surface area contributed by atoms with Crippen molar-refractivity contribution in [1.29, 1.82) is 0 Å². The molecule has 1 fully saturated rings. The van der Waals surface area contributed by atoms with E-state index in [1.165, 1.54) is 0 Å². The van der Waals surface area contributed by atoms with Gasteiger partial charge >= 0.3 is 16.0 Å². The van der Waals surface area contributed by atoms with Crippen molar-refractivity contribution >= 4 is 16.0 Å². The van der Waals surface area contributed by atoms with E-state index in [2.05, 4.69) is 8.83 Å². The van der Waals surface area contributed by atoms with Gasteiger partial charge in [0.05, 0.1) is 6.61 Å². The van der Waals surface area contributed by atoms with E-state index in [1.54, 1.807) is 6.92 Å². The Hall–Kier alpha value is 0.350. The first-order valence-corrected chi connectivity index (χ1v) is 7.13. The van der Waals surface area contributed by atoms with Crippen molar-refractivity contribution in [2.45, 2.75) is 19.7 Å². The zero-order valence-corrected chi connectivity index (χ0v) is 9.70. The SMILES string of the molecule is CCO[P+]1(OP(=O)(O)O)OCCC(F)O1. The molecule has 1 aliphatic rings. The lowest BCUT2D eigenvalue weighted by atomic mass is 10.5. The Morgan fingerprint density at radius 3 is 2.80 bits per heavy atom. The highest BCUT2D eigenvalue weighted by Crippen LogP contribution is 2.72. The lowest BCUT2D eigenvalue weighted by molar-refractivity contribution is -0.0503. The third-order valence-corrected chi connectivity index (χ3v) is 4.54. The van der Waals surface area contributed by atoms with E-state index in [9.17, 15) is 8.96 Å². The quantitative estimate of drug-likeness (QED) is 0.744. The van der Waals surface area contributed by atoms with Gasteiger partial charge in [-0.05, 0) is 11.2 Å². The molecule has 90 valence electrons. The van der Waals surface area contributed by atoms with E-state index in [0.717, 1.165) is 0 Å². The predicted molar refractivity (Wildman–Crippen MR) is 48.2 cm³/mol. The molecule has 0 bridgehead atoms. The van der Waals surface area contributed by atoms with E-state index in [0.29, 0.717) is 0 Å². The number of phosphoric acid groups is 1. The fourth-order valence-electron chi connectivity index (χ4n) is 0.903. The normalized spacial score (nSPS) is 32.9. The standard InChI is InChI=1S/C5H11FO7P2/c1-2-10-15(13-14(7,8)9)11-4-3-5(6)12-15/h5H,2-4H2,1H3,(H-,7,8,9)/p+1. The Morgan fingerprint density at radius 1 is 1.67 bits per heavy atom. The Kier molecular flexibility index (Phi) is 4.58. The summed E-state index contributed by atoms with van der Waals surface area (Å²) in [5.41, 5.74) is 0. The zero-order chi connectivity index (χ0) is 11.5. The van der Waals surface area contributed by atoms with Gasteiger partial charge < -0.3 is 9.79 Å². The van der Waals surface area contributed by atoms with Crippen LogP contribution in [0, 0.1) is 0 Å². The molecule has 2 N–H and O–H groups in total. The summed E-state index contributed by atoms with van der Waals surface area (Å²) in [4.78, 5) is 17.2. The average Bonchev–Trinajstić information content (AvgIpc) is 1.99. The van der Waals surface area contributed by atoms with Crippen LogP contribution in [0.2, 0.25) is 0 Å². The Balaban J connectivity index is 2.73. The first-order chi connectivity index (χ1) is 6.87. The Labute approximate surface area is 86.4 Å². The molecule has 1 aliphatic heterocycles. The molecule has 1 rings (SSSR count). The monoisotopic (exact) mass is 265 g/mol. The minimum absolute atomic E-state index is 0.0283. The van der Waals surface area contributed by atoms with Gasteiger partial charge in [-0.15, -0.1) is 4.52 Å². The first kappa shape index (κ1) is 13.4. The maximum absolute atomic E-state index is 12.9. The second-order valence-corrected chi connectivity index (χ2v) is 5.83. The lowest BCUT2D eigenvalue weighted by Crippen LogP contribution is -2.22. The van der Waals surface area contributed by atoms with Crippen molar-refractivity contribution in [3.05, 3.63) is 0 Å². The minimum Gasteiger partial charge on any atom is -0.300 e. The van der Waals surface area contributed by atoms with Crippen molar-refractivity contribution in [3.63, 3.8) is 0 Å². The van der Waals surface area contributed by atoms with Crippen LogP contribution in [0.3, 0.4) is 0 Å². The van der Waals surface area contributed by atoms with Crippen molar-refractivity contribution < 1.29 is 36.6 Å². The summed E-state index contributed by atoms with van der Waals surface area (Å²) < 4.78 is 42.0. The summed E-state index contributed by atoms with van der Waals surface area (Å²) in [6, 6.07) is 0. The summed E-state index contributed by atoms with van der Waals surface area (Å²) >= 11 is 0. The summed E-state index contributed by atoms with van der Waals surface area (Å²) in [7, 11) is -8.55. The summed E-state index contributed by atoms with van der Waals surface area (Å²) in [5.74, 6) is 0. The van der Waals surface area contributed by atoms with Crippen LogP contribution in [-0.4, -0.2) is 29.4 Å². The van der Waals surface area contributed by atoms with Crippen LogP contribution >= 0.6 is 16.0 Å². The van der Waals surface area contributed by atoms with Crippen LogP contribution in [0.1, 0.15) is 13.3 Å². The molecule has 1 heterocycles. The van der Waals surface area contributed by atoms with E-state index in [-0.39, 0.29) is 19.6 Å². The van der Waals surface area contributed by atoms with Crippen molar-refractivity contribution in [2.24, 2.45) is 0 Å². The zero-order valence-electron chi connectivity index (χ0n) is 7.91. The third-order valence-electron chi connectivity index (χ3n) is 1.33. The molecule has 0 amide bonds. The number of alkyl halides is 1. The number of hydrogen-bond donors (Lipinski definition) is 2. The van der Waals surface area contributed by atoms with Crippen LogP contribution in [0.15, 0.2) is 0 Å². The maximum Gasteiger partial charge on any atom is 0.588 e. The molecular formula is C5H12FO7P2+. The Morgan fingerprint density at radius 2 is 2.33 bits per heavy atom. The average molecular weight is 265 g/mol. The molecule has 0 aromatic heterocycles. The van der Waals surface area contributed by atoms with Gasteiger partial charge in [0.15, 0.2) is 0 Å². The molecule has 2 atom stereocenters. The van der Waals surface area contributed by atoms with Gasteiger partial charge in [-0.1, -0.05) is 0 Å². The van der Waals surface area contributed by atoms with Crippen molar-refractivity contribution in [3.8, 4) is 0 Å². The molecule has 10 heteroatoms. The van der Waals surface area contributed by atoms with Gasteiger partial charge in [0, 0.05) is 6.42 Å². The molecule has 0 aromatic carbocycles. The van der Waals surface area contributed by atoms with Crippen LogP contribution in [-0.2, 0) is 22.4 Å². The fraction of sp³-hybridized carbons (Fsp3) is 1.00. The molecular weight excluding hydrogens is 253 g/mol. The molecule has 1 saturated heterocycles. The third kappa shape index (κ3) is 4.38. The van der Waals surface area contributed by atoms with E-state index >= 15 is 0 Å². The van der Waals surface area contributed by atoms with Crippen LogP contribution in [0.5, 0.6) is 0 Å². The number of halogens is 1. The fourth-order valence-corrected chi connectivity index (χ4v) is 3.70. The maximum atomic E-state index is 12.9. The van der Waals surface area contributed by atoms with Gasteiger partial charge in [-0.25, -0.2) is 8.96 Å². The molecule has 0 saturated carbocycles. The topological polar surface area (TPSA) is 94.5 Å². The van der Waals surface area contributed by atoms with E-state index in [1.807, 2.05) is 0 Å². The smallest absolute Gasteiger partial charge is 0.300 e. The van der Waals surface area contributed by atoms with Crippen LogP contribution < -0.4 is 0 Å². The minimum atomic E-state index is -4.85. The van der Waals surface area contributed by atoms with Crippen molar-refractivity contribution in [1.82, 2.24) is 0 Å². The lowest BCUT2D eigenvalue weighted by Gasteiger charge is -2.23. The first-order valence-electron chi connectivity index (χ1n) is 4.14. The molecule has 15 heavy (non-hydrogen) atoms. The van der Waals surface area contributed by atoms with Crippen molar-refractivity contribution in [2.75, 3.05) is 13.2 Å². The highest BCUT2D eigenvalue weighted by atomic mass is 31.3. The number of rotatable bonds is 4. The highest BCUT2D eigenvalue weighted by molar-refractivity contribution is 7.66. The van der Waals surface area contributed by atoms with E-state index < -0.39 is 22.4 Å². The molecule has 2 unspecified atom stereocenters.